The average Bonchev–Trinajstić information content (AvgIpc) is 3.25. The molecule has 2 saturated heterocycles. The summed E-state index contributed by atoms with van der Waals surface area (Å²) < 4.78 is 8.11. The van der Waals surface area contributed by atoms with Gasteiger partial charge in [0.15, 0.2) is 0 Å². The van der Waals surface area contributed by atoms with Crippen LogP contribution >= 0.6 is 0 Å². The summed E-state index contributed by atoms with van der Waals surface area (Å²) in [6.45, 7) is 6.56. The number of anilines is 1. The fourth-order valence-electron chi connectivity index (χ4n) is 4.52. The molecule has 0 saturated carbocycles. The molecule has 1 atom stereocenters. The first-order valence-electron chi connectivity index (χ1n) is 10.2. The van der Waals surface area contributed by atoms with Gasteiger partial charge < -0.3 is 14.5 Å². The van der Waals surface area contributed by atoms with Crippen LogP contribution in [-0.2, 0) is 16.1 Å². The number of nitrogens with zero attached hydrogens (tertiary/aromatic N) is 4. The smallest absolute Gasteiger partial charge is 0.244 e. The molecular weight excluding hydrogens is 352 g/mol. The van der Waals surface area contributed by atoms with Crippen LogP contribution in [0, 0.1) is 13.8 Å². The molecular formula is C22H30N4O2. The molecule has 0 N–H and O–H groups in total. The molecule has 28 heavy (non-hydrogen) atoms. The Morgan fingerprint density at radius 3 is 2.61 bits per heavy atom. The third kappa shape index (κ3) is 3.78. The van der Waals surface area contributed by atoms with Crippen molar-refractivity contribution in [2.24, 2.45) is 0 Å². The van der Waals surface area contributed by atoms with E-state index in [2.05, 4.69) is 41.3 Å². The Morgan fingerprint density at radius 2 is 1.96 bits per heavy atom. The van der Waals surface area contributed by atoms with Gasteiger partial charge in [-0.2, -0.15) is 5.10 Å². The number of aromatic nitrogens is 2. The minimum Gasteiger partial charge on any atom is -0.373 e. The second kappa shape index (κ2) is 7.59. The molecule has 0 aliphatic carbocycles. The highest BCUT2D eigenvalue weighted by Crippen LogP contribution is 2.38. The summed E-state index contributed by atoms with van der Waals surface area (Å²) in [6.07, 6.45) is 2.85. The standard InChI is InChI=1S/C22H30N4O2/c1-17-13-18(2)26(23-17)15-21(27)25-11-9-22(10-12-25)14-20(16-28-22)24(3)19-7-5-4-6-8-19/h4-8,13,20H,9-12,14-16H2,1-3H3/t20-/m0/s1. The van der Waals surface area contributed by atoms with Crippen LogP contribution in [0.3, 0.4) is 0 Å². The molecule has 2 aliphatic rings. The fraction of sp³-hybridized carbons (Fsp3) is 0.545. The Labute approximate surface area is 167 Å². The Bertz CT molecular complexity index is 824. The van der Waals surface area contributed by atoms with E-state index in [0.29, 0.717) is 12.6 Å². The van der Waals surface area contributed by atoms with Gasteiger partial charge in [-0.25, -0.2) is 0 Å². The molecule has 2 aliphatic heterocycles. The number of likely N-dealkylation sites (N-methyl/N-ethyl adjacent to an activating group) is 1. The number of aryl methyl sites for hydroxylation is 2. The van der Waals surface area contributed by atoms with Gasteiger partial charge in [-0.05, 0) is 51.3 Å². The van der Waals surface area contributed by atoms with E-state index >= 15 is 0 Å². The summed E-state index contributed by atoms with van der Waals surface area (Å²) in [5.41, 5.74) is 3.13. The number of hydrogen-bond donors (Lipinski definition) is 0. The maximum absolute atomic E-state index is 12.7. The van der Waals surface area contributed by atoms with Crippen LogP contribution < -0.4 is 4.90 Å². The first kappa shape index (κ1) is 19.0. The van der Waals surface area contributed by atoms with Crippen molar-refractivity contribution in [1.29, 1.82) is 0 Å². The van der Waals surface area contributed by atoms with Gasteiger partial charge in [0.25, 0.3) is 0 Å². The SMILES string of the molecule is Cc1cc(C)n(CC(=O)N2CCC3(CC2)C[C@H](N(C)c2ccccc2)CO3)n1. The number of para-hydroxylation sites is 1. The van der Waals surface area contributed by atoms with E-state index in [-0.39, 0.29) is 11.5 Å². The lowest BCUT2D eigenvalue weighted by atomic mass is 9.87. The summed E-state index contributed by atoms with van der Waals surface area (Å²) in [6, 6.07) is 12.9. The summed E-state index contributed by atoms with van der Waals surface area (Å²) in [4.78, 5) is 17.0. The molecule has 4 rings (SSSR count). The molecule has 6 nitrogen and oxygen atoms in total. The molecule has 2 fully saturated rings. The van der Waals surface area contributed by atoms with Gasteiger partial charge in [0.05, 0.1) is 23.9 Å². The minimum absolute atomic E-state index is 0.0807. The van der Waals surface area contributed by atoms with Crippen molar-refractivity contribution in [3.05, 3.63) is 47.8 Å². The van der Waals surface area contributed by atoms with Gasteiger partial charge in [0, 0.05) is 31.5 Å². The molecule has 1 amide bonds. The van der Waals surface area contributed by atoms with E-state index < -0.39 is 0 Å². The van der Waals surface area contributed by atoms with Gasteiger partial charge in [-0.3, -0.25) is 9.48 Å². The Balaban J connectivity index is 1.32. The third-order valence-corrected chi connectivity index (χ3v) is 6.32. The average molecular weight is 383 g/mol. The Hall–Kier alpha value is -2.34. The first-order chi connectivity index (χ1) is 13.5. The zero-order valence-corrected chi connectivity index (χ0v) is 17.1. The molecule has 1 spiro atoms. The van der Waals surface area contributed by atoms with Crippen LogP contribution in [0.15, 0.2) is 36.4 Å². The second-order valence-corrected chi connectivity index (χ2v) is 8.26. The summed E-state index contributed by atoms with van der Waals surface area (Å²) in [5.74, 6) is 0.150. The highest BCUT2D eigenvalue weighted by Gasteiger charge is 2.44. The second-order valence-electron chi connectivity index (χ2n) is 8.26. The van der Waals surface area contributed by atoms with E-state index in [9.17, 15) is 4.79 Å². The van der Waals surface area contributed by atoms with E-state index in [4.69, 9.17) is 4.74 Å². The van der Waals surface area contributed by atoms with Crippen LogP contribution in [0.4, 0.5) is 5.69 Å². The molecule has 0 radical (unpaired) electrons. The van der Waals surface area contributed by atoms with Crippen molar-refractivity contribution < 1.29 is 9.53 Å². The monoisotopic (exact) mass is 382 g/mol. The Morgan fingerprint density at radius 1 is 1.25 bits per heavy atom. The molecule has 0 unspecified atom stereocenters. The van der Waals surface area contributed by atoms with E-state index in [1.807, 2.05) is 30.9 Å². The van der Waals surface area contributed by atoms with Crippen molar-refractivity contribution in [1.82, 2.24) is 14.7 Å². The quantitative estimate of drug-likeness (QED) is 0.816. The van der Waals surface area contributed by atoms with Gasteiger partial charge >= 0.3 is 0 Å². The summed E-state index contributed by atoms with van der Waals surface area (Å²) >= 11 is 0. The van der Waals surface area contributed by atoms with Crippen molar-refractivity contribution in [2.75, 3.05) is 31.6 Å². The molecule has 1 aromatic heterocycles. The topological polar surface area (TPSA) is 50.6 Å². The number of carbonyl (C=O) groups excluding carboxylic acids is 1. The van der Waals surface area contributed by atoms with Crippen molar-refractivity contribution >= 4 is 11.6 Å². The number of hydrogen-bond acceptors (Lipinski definition) is 4. The van der Waals surface area contributed by atoms with E-state index in [1.165, 1.54) is 5.69 Å². The van der Waals surface area contributed by atoms with Crippen LogP contribution in [0.2, 0.25) is 0 Å². The number of carbonyl (C=O) groups is 1. The Kier molecular flexibility index (Phi) is 5.15. The highest BCUT2D eigenvalue weighted by atomic mass is 16.5. The minimum atomic E-state index is -0.0807. The lowest BCUT2D eigenvalue weighted by Crippen LogP contribution is -2.48. The van der Waals surface area contributed by atoms with Crippen LogP contribution in [0.1, 0.15) is 30.7 Å². The summed E-state index contributed by atoms with van der Waals surface area (Å²) in [7, 11) is 2.15. The third-order valence-electron chi connectivity index (χ3n) is 6.32. The van der Waals surface area contributed by atoms with Crippen LogP contribution in [0.25, 0.3) is 0 Å². The largest absolute Gasteiger partial charge is 0.373 e. The number of ether oxygens (including phenoxy) is 1. The molecule has 2 aromatic rings. The van der Waals surface area contributed by atoms with Crippen molar-refractivity contribution in [3.63, 3.8) is 0 Å². The fourth-order valence-corrected chi connectivity index (χ4v) is 4.52. The number of piperidine rings is 1. The van der Waals surface area contributed by atoms with E-state index in [0.717, 1.165) is 50.3 Å². The van der Waals surface area contributed by atoms with Gasteiger partial charge in [0.1, 0.15) is 6.54 Å². The van der Waals surface area contributed by atoms with Crippen molar-refractivity contribution in [2.45, 2.75) is 51.3 Å². The number of amides is 1. The molecule has 0 bridgehead atoms. The predicted octanol–water partition coefficient (Wildman–Crippen LogP) is 2.79. The van der Waals surface area contributed by atoms with Crippen molar-refractivity contribution in [3.8, 4) is 0 Å². The normalized spacial score (nSPS) is 21.2. The number of benzene rings is 1. The summed E-state index contributed by atoms with van der Waals surface area (Å²) in [5, 5.41) is 4.41. The maximum Gasteiger partial charge on any atom is 0.244 e. The number of rotatable bonds is 4. The molecule has 150 valence electrons. The zero-order chi connectivity index (χ0) is 19.7. The first-order valence-corrected chi connectivity index (χ1v) is 10.2. The van der Waals surface area contributed by atoms with Gasteiger partial charge in [-0.1, -0.05) is 18.2 Å². The van der Waals surface area contributed by atoms with Gasteiger partial charge in [-0.15, -0.1) is 0 Å². The lowest BCUT2D eigenvalue weighted by Gasteiger charge is -2.39. The predicted molar refractivity (Wildman–Crippen MR) is 109 cm³/mol. The highest BCUT2D eigenvalue weighted by molar-refractivity contribution is 5.76. The molecule has 6 heteroatoms. The number of likely N-dealkylation sites (tertiary alicyclic amines) is 1. The van der Waals surface area contributed by atoms with Crippen LogP contribution in [-0.4, -0.2) is 59.0 Å². The molecule has 3 heterocycles. The van der Waals surface area contributed by atoms with Crippen LogP contribution in [0.5, 0.6) is 0 Å². The molecule has 1 aromatic carbocycles. The maximum atomic E-state index is 12.7. The zero-order valence-electron chi connectivity index (χ0n) is 17.1. The lowest BCUT2D eigenvalue weighted by molar-refractivity contribution is -0.136. The van der Waals surface area contributed by atoms with E-state index in [1.54, 1.807) is 4.68 Å². The van der Waals surface area contributed by atoms with Gasteiger partial charge in [0.2, 0.25) is 5.91 Å².